The lowest BCUT2D eigenvalue weighted by Gasteiger charge is -1.87. The summed E-state index contributed by atoms with van der Waals surface area (Å²) in [6.45, 7) is 12.7. The van der Waals surface area contributed by atoms with Gasteiger partial charge in [-0.3, -0.25) is 4.79 Å². The van der Waals surface area contributed by atoms with E-state index < -0.39 is 11.9 Å². The lowest BCUT2D eigenvalue weighted by Crippen LogP contribution is -2.04. The highest BCUT2D eigenvalue weighted by molar-refractivity contribution is 5.88. The second-order valence-corrected chi connectivity index (χ2v) is 3.16. The van der Waals surface area contributed by atoms with Gasteiger partial charge in [0, 0.05) is 24.7 Å². The summed E-state index contributed by atoms with van der Waals surface area (Å²) in [5.41, 5.74) is 0.176. The molecule has 0 aliphatic carbocycles. The molecule has 0 aromatic rings. The van der Waals surface area contributed by atoms with Gasteiger partial charge in [0.05, 0.1) is 0 Å². The molecule has 0 aromatic carbocycles. The average Bonchev–Trinajstić information content (AvgIpc) is 3.13. The molecule has 1 aliphatic rings. The number of nitrogens with zero attached hydrogens (tertiary/aromatic N) is 1. The molecule has 0 saturated carbocycles. The van der Waals surface area contributed by atoms with Crippen molar-refractivity contribution >= 4 is 17.8 Å². The Morgan fingerprint density at radius 3 is 1.50 bits per heavy atom. The molecule has 1 rings (SSSR count). The molecule has 0 bridgehead atoms. The summed E-state index contributed by atoms with van der Waals surface area (Å²) in [7, 11) is 0. The largest absolute Gasteiger partial charge is 0.478 e. The zero-order valence-electron chi connectivity index (χ0n) is 10.3. The van der Waals surface area contributed by atoms with E-state index in [-0.39, 0.29) is 11.5 Å². The number of carbonyl (C=O) groups is 3. The molecule has 2 N–H and O–H groups in total. The van der Waals surface area contributed by atoms with Gasteiger partial charge in [-0.15, -0.1) is 0 Å². The topological polar surface area (TPSA) is 94.7 Å². The van der Waals surface area contributed by atoms with Crippen molar-refractivity contribution in [1.82, 2.24) is 4.90 Å². The van der Waals surface area contributed by atoms with Crippen molar-refractivity contribution in [2.45, 2.75) is 6.92 Å². The molecule has 18 heavy (non-hydrogen) atoms. The predicted molar refractivity (Wildman–Crippen MR) is 67.1 cm³/mol. The Morgan fingerprint density at radius 1 is 1.11 bits per heavy atom. The van der Waals surface area contributed by atoms with Gasteiger partial charge in [-0.25, -0.2) is 9.59 Å². The maximum absolute atomic E-state index is 10.4. The molecule has 1 heterocycles. The first kappa shape index (κ1) is 18.0. The van der Waals surface area contributed by atoms with Crippen LogP contribution in [0.2, 0.25) is 0 Å². The number of aliphatic carboxylic acids is 2. The fourth-order valence-electron chi connectivity index (χ4n) is 0.399. The van der Waals surface area contributed by atoms with Gasteiger partial charge in [-0.2, -0.15) is 0 Å². The third-order valence-electron chi connectivity index (χ3n) is 1.47. The van der Waals surface area contributed by atoms with Gasteiger partial charge in [0.15, 0.2) is 0 Å². The molecule has 1 saturated heterocycles. The highest BCUT2D eigenvalue weighted by Crippen LogP contribution is 2.02. The van der Waals surface area contributed by atoms with Crippen molar-refractivity contribution in [2.75, 3.05) is 13.1 Å². The lowest BCUT2D eigenvalue weighted by molar-refractivity contribution is -0.133. The Hall–Kier alpha value is -2.37. The van der Waals surface area contributed by atoms with Crippen molar-refractivity contribution < 1.29 is 24.6 Å². The van der Waals surface area contributed by atoms with Crippen molar-refractivity contribution in [3.05, 3.63) is 37.5 Å². The zero-order chi connectivity index (χ0) is 14.7. The van der Waals surface area contributed by atoms with Gasteiger partial charge in [-0.05, 0) is 13.0 Å². The van der Waals surface area contributed by atoms with Crippen molar-refractivity contribution in [3.63, 3.8) is 0 Å². The van der Waals surface area contributed by atoms with Gasteiger partial charge in [0.1, 0.15) is 0 Å². The third kappa shape index (κ3) is 13.6. The van der Waals surface area contributed by atoms with Gasteiger partial charge in [-0.1, -0.05) is 19.7 Å². The Kier molecular flexibility index (Phi) is 9.83. The minimum atomic E-state index is -0.981. The van der Waals surface area contributed by atoms with Crippen molar-refractivity contribution in [3.8, 4) is 0 Å². The number of carboxylic acid groups (broad SMARTS) is 2. The molecule has 100 valence electrons. The Bertz CT molecular complexity index is 343. The molecular weight excluding hydrogens is 238 g/mol. The van der Waals surface area contributed by atoms with Crippen LogP contribution in [-0.4, -0.2) is 46.0 Å². The van der Waals surface area contributed by atoms with Gasteiger partial charge in [0.2, 0.25) is 5.91 Å². The van der Waals surface area contributed by atoms with Crippen LogP contribution < -0.4 is 0 Å². The molecule has 1 amide bonds. The Balaban J connectivity index is 0. The van der Waals surface area contributed by atoms with E-state index in [1.165, 1.54) is 13.0 Å². The molecule has 6 nitrogen and oxygen atoms in total. The number of carbonyl (C=O) groups excluding carboxylic acids is 1. The van der Waals surface area contributed by atoms with E-state index in [0.717, 1.165) is 19.2 Å². The third-order valence-corrected chi connectivity index (χ3v) is 1.47. The van der Waals surface area contributed by atoms with Gasteiger partial charge < -0.3 is 15.1 Å². The second-order valence-electron chi connectivity index (χ2n) is 3.16. The van der Waals surface area contributed by atoms with E-state index >= 15 is 0 Å². The summed E-state index contributed by atoms with van der Waals surface area (Å²) in [5, 5.41) is 15.5. The molecule has 0 unspecified atom stereocenters. The summed E-state index contributed by atoms with van der Waals surface area (Å²) >= 11 is 0. The first-order valence-electron chi connectivity index (χ1n) is 4.91. The maximum Gasteiger partial charge on any atom is 0.330 e. The highest BCUT2D eigenvalue weighted by atomic mass is 16.4. The normalized spacial score (nSPS) is 10.6. The number of amides is 1. The number of rotatable bonds is 3. The SMILES string of the molecule is C=C(C)C(=O)O.C=CC(=O)N1CC1.C=CC(=O)O. The van der Waals surface area contributed by atoms with Crippen molar-refractivity contribution in [2.24, 2.45) is 0 Å². The smallest absolute Gasteiger partial charge is 0.330 e. The van der Waals surface area contributed by atoms with Gasteiger partial charge in [0.25, 0.3) is 0 Å². The fraction of sp³-hybridized carbons (Fsp3) is 0.250. The van der Waals surface area contributed by atoms with E-state index in [2.05, 4.69) is 19.7 Å². The first-order chi connectivity index (χ1) is 8.26. The Morgan fingerprint density at radius 2 is 1.44 bits per heavy atom. The lowest BCUT2D eigenvalue weighted by atomic mass is 10.4. The van der Waals surface area contributed by atoms with E-state index in [0.29, 0.717) is 0 Å². The molecule has 0 aromatic heterocycles. The van der Waals surface area contributed by atoms with Crippen LogP contribution in [0.5, 0.6) is 0 Å². The molecule has 1 fully saturated rings. The first-order valence-corrected chi connectivity index (χ1v) is 4.91. The zero-order valence-corrected chi connectivity index (χ0v) is 10.3. The molecule has 0 atom stereocenters. The summed E-state index contributed by atoms with van der Waals surface area (Å²) < 4.78 is 0. The second kappa shape index (κ2) is 9.83. The van der Waals surface area contributed by atoms with Crippen LogP contribution in [0.25, 0.3) is 0 Å². The minimum absolute atomic E-state index is 0.0556. The van der Waals surface area contributed by atoms with Crippen LogP contribution >= 0.6 is 0 Å². The number of carboxylic acids is 2. The number of hydrogen-bond donors (Lipinski definition) is 2. The number of hydrogen-bond acceptors (Lipinski definition) is 3. The Labute approximate surface area is 106 Å². The maximum atomic E-state index is 10.4. The van der Waals surface area contributed by atoms with Crippen LogP contribution in [0.15, 0.2) is 37.5 Å². The standard InChI is InChI=1S/C5H7NO.C4H6O2.C3H4O2/c1-2-5(7)6-3-4-6;1-3(2)4(5)6;1-2-3(4)5/h2H,1,3-4H2;1H2,2H3,(H,5,6);2H,1H2,(H,4,5). The molecule has 6 heteroatoms. The van der Waals surface area contributed by atoms with Crippen LogP contribution in [0.3, 0.4) is 0 Å². The summed E-state index contributed by atoms with van der Waals surface area (Å²) in [4.78, 5) is 30.9. The summed E-state index contributed by atoms with van der Waals surface area (Å²) in [6, 6.07) is 0. The molecule has 0 spiro atoms. The molecule has 1 aliphatic heterocycles. The van der Waals surface area contributed by atoms with E-state index in [9.17, 15) is 14.4 Å². The molecular formula is C12H17NO5. The fourth-order valence-corrected chi connectivity index (χ4v) is 0.399. The van der Waals surface area contributed by atoms with Crippen LogP contribution in [0.4, 0.5) is 0 Å². The van der Waals surface area contributed by atoms with Crippen molar-refractivity contribution in [1.29, 1.82) is 0 Å². The predicted octanol–water partition coefficient (Wildman–Crippen LogP) is 0.919. The van der Waals surface area contributed by atoms with E-state index in [1.807, 2.05) is 0 Å². The summed E-state index contributed by atoms with van der Waals surface area (Å²) in [6.07, 6.45) is 2.17. The van der Waals surface area contributed by atoms with Gasteiger partial charge >= 0.3 is 11.9 Å². The monoisotopic (exact) mass is 255 g/mol. The minimum Gasteiger partial charge on any atom is -0.478 e. The van der Waals surface area contributed by atoms with E-state index in [1.54, 1.807) is 4.90 Å². The quantitative estimate of drug-likeness (QED) is 0.577. The molecule has 0 radical (unpaired) electrons. The average molecular weight is 255 g/mol. The highest BCUT2D eigenvalue weighted by Gasteiger charge is 2.20. The van der Waals surface area contributed by atoms with Crippen LogP contribution in [0, 0.1) is 0 Å². The van der Waals surface area contributed by atoms with Crippen LogP contribution in [-0.2, 0) is 14.4 Å². The summed E-state index contributed by atoms with van der Waals surface area (Å²) in [5.74, 6) is -1.86. The van der Waals surface area contributed by atoms with Crippen LogP contribution in [0.1, 0.15) is 6.92 Å². The van der Waals surface area contributed by atoms with E-state index in [4.69, 9.17) is 10.2 Å².